The van der Waals surface area contributed by atoms with Gasteiger partial charge in [-0.1, -0.05) is 0 Å². The van der Waals surface area contributed by atoms with Crippen LogP contribution < -0.4 is 0 Å². The standard InChI is InChI=1S/C12H27BO5Si2/c1-13-14-8-9-10(16-13)11(17-19(2,3)4)12(15-9)18-20(5,6)7/h9-12H,8H2,1-7H3. The summed E-state index contributed by atoms with van der Waals surface area (Å²) < 4.78 is 29.9. The van der Waals surface area contributed by atoms with E-state index in [2.05, 4.69) is 39.3 Å². The van der Waals surface area contributed by atoms with Crippen LogP contribution in [0.15, 0.2) is 0 Å². The Morgan fingerprint density at radius 2 is 1.60 bits per heavy atom. The summed E-state index contributed by atoms with van der Waals surface area (Å²) in [6, 6.07) is 0. The van der Waals surface area contributed by atoms with Gasteiger partial charge in [0.15, 0.2) is 22.9 Å². The van der Waals surface area contributed by atoms with Crippen molar-refractivity contribution in [3.05, 3.63) is 0 Å². The van der Waals surface area contributed by atoms with Gasteiger partial charge in [0.1, 0.15) is 18.3 Å². The fourth-order valence-electron chi connectivity index (χ4n) is 2.46. The summed E-state index contributed by atoms with van der Waals surface area (Å²) in [7, 11) is -3.62. The summed E-state index contributed by atoms with van der Waals surface area (Å²) in [6.07, 6.45) is -0.664. The Labute approximate surface area is 124 Å². The van der Waals surface area contributed by atoms with E-state index in [4.69, 9.17) is 22.9 Å². The summed E-state index contributed by atoms with van der Waals surface area (Å²) in [5.74, 6) is 0. The molecule has 2 heterocycles. The molecule has 8 heteroatoms. The Hall–Kier alpha value is 0.299. The van der Waals surface area contributed by atoms with Crippen molar-refractivity contribution < 1.29 is 22.9 Å². The molecule has 2 rings (SSSR count). The summed E-state index contributed by atoms with van der Waals surface area (Å²) in [5, 5.41) is 0. The van der Waals surface area contributed by atoms with Crippen molar-refractivity contribution in [1.29, 1.82) is 0 Å². The monoisotopic (exact) mass is 318 g/mol. The van der Waals surface area contributed by atoms with E-state index in [1.807, 2.05) is 6.82 Å². The lowest BCUT2D eigenvalue weighted by Crippen LogP contribution is -2.51. The third kappa shape index (κ3) is 4.39. The maximum absolute atomic E-state index is 6.31. The topological polar surface area (TPSA) is 46.2 Å². The van der Waals surface area contributed by atoms with Crippen LogP contribution >= 0.6 is 0 Å². The van der Waals surface area contributed by atoms with E-state index >= 15 is 0 Å². The van der Waals surface area contributed by atoms with E-state index in [0.29, 0.717) is 6.61 Å². The first kappa shape index (κ1) is 16.7. The van der Waals surface area contributed by atoms with Crippen LogP contribution in [0.25, 0.3) is 0 Å². The molecule has 0 amide bonds. The molecule has 2 fully saturated rings. The normalized spacial score (nSPS) is 35.2. The second-order valence-corrected chi connectivity index (χ2v) is 16.4. The molecular weight excluding hydrogens is 291 g/mol. The molecule has 0 aromatic rings. The van der Waals surface area contributed by atoms with Gasteiger partial charge in [-0.15, -0.1) is 0 Å². The van der Waals surface area contributed by atoms with E-state index in [1.165, 1.54) is 0 Å². The molecule has 5 nitrogen and oxygen atoms in total. The molecule has 0 aliphatic carbocycles. The lowest BCUT2D eigenvalue weighted by molar-refractivity contribution is -0.119. The number of hydrogen-bond acceptors (Lipinski definition) is 5. The molecular formula is C12H27BO5Si2. The predicted octanol–water partition coefficient (Wildman–Crippen LogP) is 2.32. The molecule has 0 aromatic heterocycles. The minimum atomic E-state index is -1.71. The van der Waals surface area contributed by atoms with E-state index in [9.17, 15) is 0 Å². The van der Waals surface area contributed by atoms with Crippen LogP contribution in [-0.2, 0) is 22.9 Å². The molecule has 4 atom stereocenters. The first-order valence-electron chi connectivity index (χ1n) is 7.33. The van der Waals surface area contributed by atoms with Crippen molar-refractivity contribution in [3.63, 3.8) is 0 Å². The minimum Gasteiger partial charge on any atom is -0.408 e. The van der Waals surface area contributed by atoms with Crippen LogP contribution in [0.4, 0.5) is 0 Å². The maximum atomic E-state index is 6.31. The molecule has 0 spiro atoms. The Kier molecular flexibility index (Phi) is 4.86. The van der Waals surface area contributed by atoms with Crippen molar-refractivity contribution in [2.24, 2.45) is 0 Å². The van der Waals surface area contributed by atoms with Crippen LogP contribution in [0, 0.1) is 0 Å². The fourth-order valence-corrected chi connectivity index (χ4v) is 4.41. The van der Waals surface area contributed by atoms with Gasteiger partial charge < -0.3 is 22.9 Å². The number of ether oxygens (including phenoxy) is 1. The van der Waals surface area contributed by atoms with Gasteiger partial charge in [-0.3, -0.25) is 0 Å². The molecule has 116 valence electrons. The van der Waals surface area contributed by atoms with E-state index < -0.39 is 16.6 Å². The van der Waals surface area contributed by atoms with Crippen LogP contribution in [-0.4, -0.2) is 55.0 Å². The van der Waals surface area contributed by atoms with Gasteiger partial charge >= 0.3 is 7.12 Å². The van der Waals surface area contributed by atoms with Gasteiger partial charge in [-0.25, -0.2) is 0 Å². The van der Waals surface area contributed by atoms with E-state index in [-0.39, 0.29) is 31.7 Å². The predicted molar refractivity (Wildman–Crippen MR) is 83.8 cm³/mol. The maximum Gasteiger partial charge on any atom is 0.454 e. The highest BCUT2D eigenvalue weighted by Crippen LogP contribution is 2.34. The lowest BCUT2D eigenvalue weighted by Gasteiger charge is -2.34. The fraction of sp³-hybridized carbons (Fsp3) is 1.00. The third-order valence-corrected chi connectivity index (χ3v) is 4.99. The molecule has 0 N–H and O–H groups in total. The highest BCUT2D eigenvalue weighted by Gasteiger charge is 2.52. The van der Waals surface area contributed by atoms with Gasteiger partial charge in [-0.05, 0) is 46.1 Å². The number of fused-ring (bicyclic) bond motifs is 1. The van der Waals surface area contributed by atoms with Crippen molar-refractivity contribution in [2.75, 3.05) is 6.61 Å². The molecule has 0 bridgehead atoms. The molecule has 2 aliphatic heterocycles. The Morgan fingerprint density at radius 3 is 2.15 bits per heavy atom. The summed E-state index contributed by atoms with van der Waals surface area (Å²) in [4.78, 5) is 0. The average Bonchev–Trinajstić information content (AvgIpc) is 2.52. The first-order chi connectivity index (χ1) is 9.05. The second-order valence-electron chi connectivity index (χ2n) is 7.47. The smallest absolute Gasteiger partial charge is 0.408 e. The van der Waals surface area contributed by atoms with Crippen molar-refractivity contribution in [1.82, 2.24) is 0 Å². The van der Waals surface area contributed by atoms with Crippen LogP contribution in [0.1, 0.15) is 0 Å². The minimum absolute atomic E-state index is 0.0890. The second kappa shape index (κ2) is 5.83. The number of rotatable bonds is 4. The summed E-state index contributed by atoms with van der Waals surface area (Å²) in [5.41, 5.74) is 0. The molecule has 0 aromatic carbocycles. The van der Waals surface area contributed by atoms with Gasteiger partial charge in [0.2, 0.25) is 0 Å². The number of hydrogen-bond donors (Lipinski definition) is 0. The Bertz CT molecular complexity index is 344. The molecule has 0 saturated carbocycles. The van der Waals surface area contributed by atoms with Gasteiger partial charge in [-0.2, -0.15) is 0 Å². The summed E-state index contributed by atoms with van der Waals surface area (Å²) >= 11 is 0. The molecule has 4 unspecified atom stereocenters. The SMILES string of the molecule is CB1OCC2OC(O[Si](C)(C)C)C(O[Si](C)(C)C)C2O1. The van der Waals surface area contributed by atoms with Crippen molar-refractivity contribution in [3.8, 4) is 0 Å². The quantitative estimate of drug-likeness (QED) is 0.745. The van der Waals surface area contributed by atoms with Gasteiger partial charge in [0.05, 0.1) is 6.61 Å². The molecule has 2 aliphatic rings. The largest absolute Gasteiger partial charge is 0.454 e. The highest BCUT2D eigenvalue weighted by atomic mass is 28.4. The van der Waals surface area contributed by atoms with Gasteiger partial charge in [0.25, 0.3) is 0 Å². The van der Waals surface area contributed by atoms with Crippen LogP contribution in [0.3, 0.4) is 0 Å². The molecule has 0 radical (unpaired) electrons. The summed E-state index contributed by atoms with van der Waals surface area (Å²) in [6.45, 7) is 15.5. The lowest BCUT2D eigenvalue weighted by atomic mass is 9.91. The van der Waals surface area contributed by atoms with Crippen molar-refractivity contribution in [2.45, 2.75) is 70.7 Å². The third-order valence-electron chi connectivity index (χ3n) is 3.07. The Balaban J connectivity index is 2.14. The van der Waals surface area contributed by atoms with E-state index in [1.54, 1.807) is 0 Å². The average molecular weight is 318 g/mol. The van der Waals surface area contributed by atoms with Crippen molar-refractivity contribution >= 4 is 23.8 Å². The molecule has 2 saturated heterocycles. The zero-order chi connectivity index (χ0) is 15.1. The van der Waals surface area contributed by atoms with Crippen LogP contribution in [0.5, 0.6) is 0 Å². The zero-order valence-corrected chi connectivity index (χ0v) is 15.6. The van der Waals surface area contributed by atoms with E-state index in [0.717, 1.165) is 0 Å². The highest BCUT2D eigenvalue weighted by molar-refractivity contribution is 6.70. The van der Waals surface area contributed by atoms with Gasteiger partial charge in [0, 0.05) is 0 Å². The molecule has 20 heavy (non-hydrogen) atoms. The first-order valence-corrected chi connectivity index (χ1v) is 14.1. The zero-order valence-electron chi connectivity index (χ0n) is 13.6. The van der Waals surface area contributed by atoms with Crippen LogP contribution in [0.2, 0.25) is 46.1 Å². The Morgan fingerprint density at radius 1 is 1.00 bits per heavy atom.